The van der Waals surface area contributed by atoms with Gasteiger partial charge in [0.05, 0.1) is 5.56 Å². The Morgan fingerprint density at radius 2 is 1.82 bits per heavy atom. The highest BCUT2D eigenvalue weighted by Gasteiger charge is 2.20. The van der Waals surface area contributed by atoms with E-state index in [1.165, 1.54) is 11.3 Å². The summed E-state index contributed by atoms with van der Waals surface area (Å²) in [4.78, 5) is 13.6. The van der Waals surface area contributed by atoms with Gasteiger partial charge in [0.1, 0.15) is 0 Å². The zero-order valence-corrected chi connectivity index (χ0v) is 16.7. The zero-order chi connectivity index (χ0) is 19.7. The molecule has 0 saturated carbocycles. The fraction of sp³-hybridized carbons (Fsp3) is 0.174. The third-order valence-electron chi connectivity index (χ3n) is 5.19. The van der Waals surface area contributed by atoms with Crippen molar-refractivity contribution in [3.63, 3.8) is 0 Å². The van der Waals surface area contributed by atoms with Crippen LogP contribution in [0.5, 0.6) is 0 Å². The van der Waals surface area contributed by atoms with E-state index in [2.05, 4.69) is 23.1 Å². The Bertz CT molecular complexity index is 1050. The van der Waals surface area contributed by atoms with E-state index in [0.717, 1.165) is 42.6 Å². The van der Waals surface area contributed by atoms with Crippen LogP contribution in [0.15, 0.2) is 60.7 Å². The van der Waals surface area contributed by atoms with E-state index in [1.807, 2.05) is 18.2 Å². The number of aromatic carboxylic acids is 1. The summed E-state index contributed by atoms with van der Waals surface area (Å²) in [7, 11) is 0. The number of rotatable bonds is 5. The Balaban J connectivity index is 1.57. The van der Waals surface area contributed by atoms with Crippen molar-refractivity contribution in [3.05, 3.63) is 87.4 Å². The minimum Gasteiger partial charge on any atom is -0.478 e. The Kier molecular flexibility index (Phi) is 5.29. The molecule has 0 unspecified atom stereocenters. The highest BCUT2D eigenvalue weighted by molar-refractivity contribution is 6.35. The van der Waals surface area contributed by atoms with Crippen LogP contribution in [-0.4, -0.2) is 24.2 Å². The van der Waals surface area contributed by atoms with Crippen LogP contribution in [0.1, 0.15) is 21.5 Å². The molecule has 0 spiro atoms. The van der Waals surface area contributed by atoms with Crippen molar-refractivity contribution >= 4 is 34.9 Å². The van der Waals surface area contributed by atoms with Crippen LogP contribution < -0.4 is 4.90 Å². The number of nitrogens with zero attached hydrogens (tertiary/aromatic N) is 1. The maximum atomic E-state index is 11.3. The molecule has 0 radical (unpaired) electrons. The molecule has 0 aromatic heterocycles. The molecule has 1 N–H and O–H groups in total. The molecule has 1 heterocycles. The number of carboxylic acids is 1. The first-order valence-corrected chi connectivity index (χ1v) is 9.92. The first-order valence-electron chi connectivity index (χ1n) is 9.17. The van der Waals surface area contributed by atoms with Crippen molar-refractivity contribution in [2.24, 2.45) is 0 Å². The second-order valence-electron chi connectivity index (χ2n) is 6.95. The van der Waals surface area contributed by atoms with Crippen molar-refractivity contribution in [2.75, 3.05) is 18.0 Å². The second-order valence-corrected chi connectivity index (χ2v) is 7.80. The lowest BCUT2D eigenvalue weighted by Gasteiger charge is -2.20. The fourth-order valence-corrected chi connectivity index (χ4v) is 4.17. The van der Waals surface area contributed by atoms with E-state index in [1.54, 1.807) is 24.3 Å². The predicted molar refractivity (Wildman–Crippen MR) is 115 cm³/mol. The number of anilines is 1. The number of carbonyl (C=O) groups is 1. The Hall–Kier alpha value is -2.49. The topological polar surface area (TPSA) is 40.5 Å². The summed E-state index contributed by atoms with van der Waals surface area (Å²) in [6.07, 6.45) is 1.85. The summed E-state index contributed by atoms with van der Waals surface area (Å²) in [6.45, 7) is 1.84. The average molecular weight is 412 g/mol. The van der Waals surface area contributed by atoms with Crippen LogP contribution in [0.2, 0.25) is 10.0 Å². The maximum Gasteiger partial charge on any atom is 0.335 e. The number of hydrogen-bond acceptors (Lipinski definition) is 2. The molecule has 5 heteroatoms. The lowest BCUT2D eigenvalue weighted by atomic mass is 10.0. The monoisotopic (exact) mass is 411 g/mol. The van der Waals surface area contributed by atoms with Gasteiger partial charge < -0.3 is 10.0 Å². The average Bonchev–Trinajstić information content (AvgIpc) is 3.09. The molecule has 3 aromatic carbocycles. The first-order chi connectivity index (χ1) is 13.5. The molecule has 0 amide bonds. The minimum atomic E-state index is -0.913. The maximum absolute atomic E-state index is 11.3. The van der Waals surface area contributed by atoms with Crippen molar-refractivity contribution in [2.45, 2.75) is 12.8 Å². The van der Waals surface area contributed by atoms with Gasteiger partial charge in [-0.05, 0) is 65.4 Å². The summed E-state index contributed by atoms with van der Waals surface area (Å²) < 4.78 is 0. The van der Waals surface area contributed by atoms with Crippen molar-refractivity contribution in [1.82, 2.24) is 0 Å². The molecular formula is C23H19Cl2NO2. The van der Waals surface area contributed by atoms with Gasteiger partial charge in [-0.2, -0.15) is 0 Å². The van der Waals surface area contributed by atoms with Crippen LogP contribution in [0.4, 0.5) is 5.69 Å². The van der Waals surface area contributed by atoms with Gasteiger partial charge in [-0.3, -0.25) is 0 Å². The lowest BCUT2D eigenvalue weighted by Crippen LogP contribution is -2.23. The molecule has 142 valence electrons. The summed E-state index contributed by atoms with van der Waals surface area (Å²) in [5.74, 6) is -0.913. The van der Waals surface area contributed by atoms with Crippen LogP contribution in [0.25, 0.3) is 11.1 Å². The van der Waals surface area contributed by atoms with Gasteiger partial charge in [-0.15, -0.1) is 0 Å². The van der Waals surface area contributed by atoms with Crippen LogP contribution in [0.3, 0.4) is 0 Å². The quantitative estimate of drug-likeness (QED) is 0.562. The molecule has 0 atom stereocenters. The van der Waals surface area contributed by atoms with Gasteiger partial charge in [-0.25, -0.2) is 4.79 Å². The number of hydrogen-bond donors (Lipinski definition) is 1. The summed E-state index contributed by atoms with van der Waals surface area (Å²) in [5.41, 5.74) is 5.86. The van der Waals surface area contributed by atoms with Gasteiger partial charge in [0, 0.05) is 28.8 Å². The number of carboxylic acid groups (broad SMARTS) is 1. The largest absolute Gasteiger partial charge is 0.478 e. The highest BCUT2D eigenvalue weighted by atomic mass is 35.5. The molecule has 0 fully saturated rings. The Morgan fingerprint density at radius 1 is 1.00 bits per heavy atom. The number of fused-ring (bicyclic) bond motifs is 1. The van der Waals surface area contributed by atoms with E-state index < -0.39 is 5.97 Å². The van der Waals surface area contributed by atoms with Crippen LogP contribution in [0, 0.1) is 0 Å². The van der Waals surface area contributed by atoms with Crippen molar-refractivity contribution in [3.8, 4) is 11.1 Å². The molecule has 0 aliphatic carbocycles. The smallest absolute Gasteiger partial charge is 0.335 e. The van der Waals surface area contributed by atoms with Gasteiger partial charge in [0.25, 0.3) is 0 Å². The number of halogens is 2. The van der Waals surface area contributed by atoms with Gasteiger partial charge in [0.15, 0.2) is 0 Å². The summed E-state index contributed by atoms with van der Waals surface area (Å²) >= 11 is 12.3. The molecule has 28 heavy (non-hydrogen) atoms. The second kappa shape index (κ2) is 7.86. The van der Waals surface area contributed by atoms with Crippen molar-refractivity contribution < 1.29 is 9.90 Å². The van der Waals surface area contributed by atoms with Crippen molar-refractivity contribution in [1.29, 1.82) is 0 Å². The molecule has 1 aliphatic heterocycles. The van der Waals surface area contributed by atoms with Crippen LogP contribution in [-0.2, 0) is 12.8 Å². The highest BCUT2D eigenvalue weighted by Crippen LogP contribution is 2.33. The molecule has 3 aromatic rings. The molecular weight excluding hydrogens is 393 g/mol. The third-order valence-corrected chi connectivity index (χ3v) is 5.77. The van der Waals surface area contributed by atoms with Gasteiger partial charge >= 0.3 is 5.97 Å². The SMILES string of the molecule is O=C(O)c1cccc(-c2ccc3c(c2)N(CCc2ccc(Cl)cc2Cl)CC3)c1. The molecule has 1 aliphatic rings. The Labute approximate surface area is 174 Å². The van der Waals surface area contributed by atoms with Crippen LogP contribution >= 0.6 is 23.2 Å². The molecule has 4 rings (SSSR count). The lowest BCUT2D eigenvalue weighted by molar-refractivity contribution is 0.0697. The summed E-state index contributed by atoms with van der Waals surface area (Å²) in [5, 5.41) is 10.6. The van der Waals surface area contributed by atoms with E-state index >= 15 is 0 Å². The third kappa shape index (κ3) is 3.87. The molecule has 0 saturated heterocycles. The Morgan fingerprint density at radius 3 is 2.61 bits per heavy atom. The van der Waals surface area contributed by atoms with Gasteiger partial charge in [0.2, 0.25) is 0 Å². The predicted octanol–water partition coefficient (Wildman–Crippen LogP) is 5.96. The standard InChI is InChI=1S/C23H19Cl2NO2/c24-20-7-6-15(21(25)14-20)8-10-26-11-9-16-4-5-18(13-22(16)26)17-2-1-3-19(12-17)23(27)28/h1-7,12-14H,8-11H2,(H,27,28). The number of benzene rings is 3. The van der Waals surface area contributed by atoms with E-state index in [9.17, 15) is 9.90 Å². The van der Waals surface area contributed by atoms with E-state index in [-0.39, 0.29) is 0 Å². The van der Waals surface area contributed by atoms with E-state index in [4.69, 9.17) is 23.2 Å². The normalized spacial score (nSPS) is 12.9. The first kappa shape index (κ1) is 18.9. The zero-order valence-electron chi connectivity index (χ0n) is 15.2. The van der Waals surface area contributed by atoms with Gasteiger partial charge in [-0.1, -0.05) is 53.5 Å². The summed E-state index contributed by atoms with van der Waals surface area (Å²) in [6, 6.07) is 19.1. The fourth-order valence-electron chi connectivity index (χ4n) is 3.67. The van der Waals surface area contributed by atoms with E-state index in [0.29, 0.717) is 15.6 Å². The molecule has 0 bridgehead atoms. The minimum absolute atomic E-state index is 0.298. The molecule has 3 nitrogen and oxygen atoms in total.